The molecule has 0 atom stereocenters. The standard InChI is InChI=1S/C16H15ClN6O2/c1-25-15-6-5-12(8-14(15)17)22(16(18)24)9-11-3-2-4-13(7-11)23-10-19-20-21-23/h2-8,10H,9H2,1H3,(H2,18,24). The number of hydrogen-bond acceptors (Lipinski definition) is 5. The lowest BCUT2D eigenvalue weighted by Crippen LogP contribution is -2.35. The van der Waals surface area contributed by atoms with Crippen LogP contribution in [0.15, 0.2) is 48.8 Å². The lowest BCUT2D eigenvalue weighted by molar-refractivity contribution is 0.253. The number of benzene rings is 2. The van der Waals surface area contributed by atoms with Gasteiger partial charge in [0.05, 0.1) is 24.4 Å². The zero-order valence-electron chi connectivity index (χ0n) is 13.3. The van der Waals surface area contributed by atoms with Gasteiger partial charge >= 0.3 is 6.03 Å². The number of anilines is 1. The molecule has 0 unspecified atom stereocenters. The molecule has 8 nitrogen and oxygen atoms in total. The van der Waals surface area contributed by atoms with E-state index < -0.39 is 6.03 Å². The van der Waals surface area contributed by atoms with E-state index in [0.717, 1.165) is 11.3 Å². The van der Waals surface area contributed by atoms with Crippen molar-refractivity contribution in [1.29, 1.82) is 0 Å². The molecule has 0 aliphatic carbocycles. The normalized spacial score (nSPS) is 10.5. The number of amides is 2. The quantitative estimate of drug-likeness (QED) is 0.755. The van der Waals surface area contributed by atoms with E-state index in [4.69, 9.17) is 22.1 Å². The van der Waals surface area contributed by atoms with Crippen LogP contribution in [0.1, 0.15) is 5.56 Å². The Bertz CT molecular complexity index is 884. The minimum atomic E-state index is -0.589. The molecule has 0 fully saturated rings. The fourth-order valence-corrected chi connectivity index (χ4v) is 2.63. The van der Waals surface area contributed by atoms with E-state index in [1.165, 1.54) is 23.0 Å². The molecule has 3 rings (SSSR count). The van der Waals surface area contributed by atoms with Crippen molar-refractivity contribution in [1.82, 2.24) is 20.2 Å². The van der Waals surface area contributed by atoms with Gasteiger partial charge in [-0.05, 0) is 46.3 Å². The largest absolute Gasteiger partial charge is 0.495 e. The molecule has 0 saturated carbocycles. The number of rotatable bonds is 5. The summed E-state index contributed by atoms with van der Waals surface area (Å²) < 4.78 is 6.66. The summed E-state index contributed by atoms with van der Waals surface area (Å²) in [5.41, 5.74) is 7.76. The van der Waals surface area contributed by atoms with Gasteiger partial charge in [0.1, 0.15) is 12.1 Å². The van der Waals surface area contributed by atoms with E-state index in [0.29, 0.717) is 16.5 Å². The Morgan fingerprint density at radius 2 is 2.16 bits per heavy atom. The van der Waals surface area contributed by atoms with Gasteiger partial charge in [0.15, 0.2) is 0 Å². The highest BCUT2D eigenvalue weighted by molar-refractivity contribution is 6.32. The number of aromatic nitrogens is 4. The zero-order valence-corrected chi connectivity index (χ0v) is 14.1. The summed E-state index contributed by atoms with van der Waals surface area (Å²) >= 11 is 6.14. The van der Waals surface area contributed by atoms with Crippen LogP contribution in [0.2, 0.25) is 5.02 Å². The van der Waals surface area contributed by atoms with Crippen molar-refractivity contribution in [3.8, 4) is 11.4 Å². The first-order valence-electron chi connectivity index (χ1n) is 7.31. The van der Waals surface area contributed by atoms with Crippen LogP contribution >= 0.6 is 11.6 Å². The predicted octanol–water partition coefficient (Wildman–Crippen LogP) is 2.41. The highest BCUT2D eigenvalue weighted by atomic mass is 35.5. The van der Waals surface area contributed by atoms with Crippen LogP contribution in [-0.4, -0.2) is 33.3 Å². The Morgan fingerprint density at radius 3 is 2.80 bits per heavy atom. The summed E-state index contributed by atoms with van der Waals surface area (Å²) in [6.07, 6.45) is 1.49. The minimum absolute atomic E-state index is 0.272. The number of urea groups is 1. The number of carbonyl (C=O) groups excluding carboxylic acids is 1. The molecule has 0 saturated heterocycles. The van der Waals surface area contributed by atoms with Crippen molar-refractivity contribution in [2.75, 3.05) is 12.0 Å². The number of tetrazole rings is 1. The van der Waals surface area contributed by atoms with Crippen molar-refractivity contribution in [3.05, 3.63) is 59.4 Å². The Balaban J connectivity index is 1.89. The Labute approximate surface area is 148 Å². The number of nitrogens with zero attached hydrogens (tertiary/aromatic N) is 5. The van der Waals surface area contributed by atoms with Crippen LogP contribution in [0, 0.1) is 0 Å². The van der Waals surface area contributed by atoms with Crippen molar-refractivity contribution < 1.29 is 9.53 Å². The van der Waals surface area contributed by atoms with Crippen molar-refractivity contribution in [2.45, 2.75) is 6.54 Å². The summed E-state index contributed by atoms with van der Waals surface area (Å²) in [5.74, 6) is 0.524. The van der Waals surface area contributed by atoms with Gasteiger partial charge in [0, 0.05) is 5.69 Å². The molecule has 0 aliphatic heterocycles. The van der Waals surface area contributed by atoms with Gasteiger partial charge in [-0.3, -0.25) is 4.90 Å². The van der Waals surface area contributed by atoms with Gasteiger partial charge in [0.2, 0.25) is 0 Å². The summed E-state index contributed by atoms with van der Waals surface area (Å²) in [5, 5.41) is 11.5. The second kappa shape index (κ2) is 7.18. The SMILES string of the molecule is COc1ccc(N(Cc2cccc(-n3cnnn3)c2)C(N)=O)cc1Cl. The monoisotopic (exact) mass is 358 g/mol. The number of carbonyl (C=O) groups is 1. The van der Waals surface area contributed by atoms with Gasteiger partial charge in [-0.1, -0.05) is 23.7 Å². The van der Waals surface area contributed by atoms with Crippen LogP contribution in [0.3, 0.4) is 0 Å². The topological polar surface area (TPSA) is 99.2 Å². The highest BCUT2D eigenvalue weighted by Crippen LogP contribution is 2.30. The molecule has 1 aromatic heterocycles. The highest BCUT2D eigenvalue weighted by Gasteiger charge is 2.15. The number of primary amides is 1. The molecule has 128 valence electrons. The number of hydrogen-bond donors (Lipinski definition) is 1. The van der Waals surface area contributed by atoms with Crippen LogP contribution < -0.4 is 15.4 Å². The number of nitrogens with two attached hydrogens (primary N) is 1. The van der Waals surface area contributed by atoms with Gasteiger partial charge in [0.25, 0.3) is 0 Å². The smallest absolute Gasteiger partial charge is 0.319 e. The predicted molar refractivity (Wildman–Crippen MR) is 92.9 cm³/mol. The van der Waals surface area contributed by atoms with Crippen molar-refractivity contribution >= 4 is 23.3 Å². The summed E-state index contributed by atoms with van der Waals surface area (Å²) in [6, 6.07) is 11.9. The first-order valence-corrected chi connectivity index (χ1v) is 7.69. The molecular formula is C16H15ClN6O2. The van der Waals surface area contributed by atoms with Gasteiger partial charge < -0.3 is 10.5 Å². The molecule has 0 spiro atoms. The summed E-state index contributed by atoms with van der Waals surface area (Å²) in [4.78, 5) is 13.3. The van der Waals surface area contributed by atoms with Crippen LogP contribution in [0.25, 0.3) is 5.69 Å². The van der Waals surface area contributed by atoms with E-state index in [1.807, 2.05) is 24.3 Å². The van der Waals surface area contributed by atoms with Gasteiger partial charge in [-0.25, -0.2) is 9.48 Å². The maximum absolute atomic E-state index is 11.9. The lowest BCUT2D eigenvalue weighted by Gasteiger charge is -2.21. The first kappa shape index (κ1) is 16.7. The molecule has 2 aromatic carbocycles. The molecule has 1 heterocycles. The molecule has 3 aromatic rings. The number of methoxy groups -OCH3 is 1. The van der Waals surface area contributed by atoms with E-state index in [-0.39, 0.29) is 6.54 Å². The average molecular weight is 359 g/mol. The Hall–Kier alpha value is -3.13. The Kier molecular flexibility index (Phi) is 4.80. The summed E-state index contributed by atoms with van der Waals surface area (Å²) in [7, 11) is 1.53. The maximum Gasteiger partial charge on any atom is 0.319 e. The van der Waals surface area contributed by atoms with Crippen LogP contribution in [0.4, 0.5) is 10.5 Å². The fraction of sp³-hybridized carbons (Fsp3) is 0.125. The molecule has 25 heavy (non-hydrogen) atoms. The third-order valence-corrected chi connectivity index (χ3v) is 3.87. The fourth-order valence-electron chi connectivity index (χ4n) is 2.38. The minimum Gasteiger partial charge on any atom is -0.495 e. The molecule has 0 aliphatic rings. The van der Waals surface area contributed by atoms with Crippen molar-refractivity contribution in [3.63, 3.8) is 0 Å². The van der Waals surface area contributed by atoms with E-state index in [2.05, 4.69) is 15.5 Å². The van der Waals surface area contributed by atoms with Gasteiger partial charge in [-0.15, -0.1) is 5.10 Å². The Morgan fingerprint density at radius 1 is 1.32 bits per heavy atom. The second-order valence-corrected chi connectivity index (χ2v) is 5.57. The third kappa shape index (κ3) is 3.69. The number of ether oxygens (including phenoxy) is 1. The molecule has 0 radical (unpaired) electrons. The van der Waals surface area contributed by atoms with Gasteiger partial charge in [-0.2, -0.15) is 0 Å². The molecular weight excluding hydrogens is 344 g/mol. The lowest BCUT2D eigenvalue weighted by atomic mass is 10.1. The molecule has 2 N–H and O–H groups in total. The maximum atomic E-state index is 11.9. The van der Waals surface area contributed by atoms with E-state index >= 15 is 0 Å². The second-order valence-electron chi connectivity index (χ2n) is 5.17. The molecule has 2 amide bonds. The first-order chi connectivity index (χ1) is 12.1. The van der Waals surface area contributed by atoms with E-state index in [9.17, 15) is 4.79 Å². The zero-order chi connectivity index (χ0) is 17.8. The molecule has 9 heteroatoms. The van der Waals surface area contributed by atoms with E-state index in [1.54, 1.807) is 18.2 Å². The van der Waals surface area contributed by atoms with Crippen LogP contribution in [-0.2, 0) is 6.54 Å². The number of halogens is 1. The summed E-state index contributed by atoms with van der Waals surface area (Å²) in [6.45, 7) is 0.272. The average Bonchev–Trinajstić information content (AvgIpc) is 3.14. The van der Waals surface area contributed by atoms with Crippen LogP contribution in [0.5, 0.6) is 5.75 Å². The van der Waals surface area contributed by atoms with Crippen molar-refractivity contribution in [2.24, 2.45) is 5.73 Å². The third-order valence-electron chi connectivity index (χ3n) is 3.58. The molecule has 0 bridgehead atoms.